The molecule has 0 unspecified atom stereocenters. The van der Waals surface area contributed by atoms with Crippen LogP contribution in [0.15, 0.2) is 84.6 Å². The van der Waals surface area contributed by atoms with Gasteiger partial charge in [0.2, 0.25) is 0 Å². The number of nitrogens with zero attached hydrogens (tertiary/aromatic N) is 1. The van der Waals surface area contributed by atoms with Crippen LogP contribution in [0, 0.1) is 0 Å². The molecule has 1 aliphatic carbocycles. The summed E-state index contributed by atoms with van der Waals surface area (Å²) in [6, 6.07) is 22.6. The van der Waals surface area contributed by atoms with Gasteiger partial charge in [-0.2, -0.15) is 0 Å². The Balaban J connectivity index is 1.48. The molecule has 188 valence electrons. The number of hydrogen-bond donors (Lipinski definition) is 1. The highest BCUT2D eigenvalue weighted by atomic mass is 15.2. The van der Waals surface area contributed by atoms with E-state index in [1.165, 1.54) is 65.5 Å². The van der Waals surface area contributed by atoms with E-state index >= 15 is 0 Å². The Labute approximate surface area is 218 Å². The predicted molar refractivity (Wildman–Crippen MR) is 155 cm³/mol. The molecule has 3 aromatic carbocycles. The molecule has 1 fully saturated rings. The first-order chi connectivity index (χ1) is 17.5. The smallest absolute Gasteiger partial charge is 0.141 e. The molecule has 0 spiro atoms. The van der Waals surface area contributed by atoms with Crippen molar-refractivity contribution in [2.24, 2.45) is 0 Å². The Morgan fingerprint density at radius 1 is 0.889 bits per heavy atom. The molecule has 1 saturated carbocycles. The summed E-state index contributed by atoms with van der Waals surface area (Å²) in [4.78, 5) is 2.55. The van der Waals surface area contributed by atoms with Crippen LogP contribution in [0.25, 0.3) is 10.8 Å². The average Bonchev–Trinajstić information content (AvgIpc) is 3.12. The van der Waals surface area contributed by atoms with Crippen molar-refractivity contribution >= 4 is 22.1 Å². The topological polar surface area (TPSA) is 19.9 Å². The number of nitrogens with two attached hydrogens (primary N) is 1. The monoisotopic (exact) mass is 479 g/mol. The fraction of sp³-hybridized carbons (Fsp3) is 0.412. The third kappa shape index (κ3) is 4.30. The van der Waals surface area contributed by atoms with Crippen molar-refractivity contribution in [1.82, 2.24) is 0 Å². The molecule has 1 heterocycles. The summed E-state index contributed by atoms with van der Waals surface area (Å²) in [5, 5.41) is 5.09. The lowest BCUT2D eigenvalue weighted by Crippen LogP contribution is -2.73. The number of hydrogen-bond acceptors (Lipinski definition) is 1. The van der Waals surface area contributed by atoms with Crippen LogP contribution in [0.1, 0.15) is 76.8 Å². The van der Waals surface area contributed by atoms with Crippen molar-refractivity contribution < 1.29 is 5.32 Å². The molecule has 2 N–H and O–H groups in total. The van der Waals surface area contributed by atoms with Crippen molar-refractivity contribution in [2.45, 2.75) is 76.5 Å². The molecule has 2 nitrogen and oxygen atoms in total. The van der Waals surface area contributed by atoms with E-state index in [9.17, 15) is 0 Å². The Kier molecular flexibility index (Phi) is 7.08. The zero-order valence-corrected chi connectivity index (χ0v) is 22.7. The quantitative estimate of drug-likeness (QED) is 0.341. The Morgan fingerprint density at radius 3 is 2.42 bits per heavy atom. The van der Waals surface area contributed by atoms with Gasteiger partial charge in [0.05, 0.1) is 7.05 Å². The van der Waals surface area contributed by atoms with E-state index in [2.05, 4.69) is 117 Å². The molecule has 2 heteroatoms. The molecule has 0 atom stereocenters. The fourth-order valence-electron chi connectivity index (χ4n) is 6.94. The third-order valence-corrected chi connectivity index (χ3v) is 8.79. The molecule has 0 bridgehead atoms. The Morgan fingerprint density at radius 2 is 1.64 bits per heavy atom. The van der Waals surface area contributed by atoms with Crippen molar-refractivity contribution in [2.75, 3.05) is 18.5 Å². The largest absolute Gasteiger partial charge is 0.344 e. The second kappa shape index (κ2) is 10.3. The van der Waals surface area contributed by atoms with Crippen molar-refractivity contribution in [3.05, 3.63) is 95.7 Å². The third-order valence-electron chi connectivity index (χ3n) is 8.79. The van der Waals surface area contributed by atoms with Gasteiger partial charge in [-0.15, -0.1) is 0 Å². The van der Waals surface area contributed by atoms with Crippen LogP contribution in [0.3, 0.4) is 0 Å². The summed E-state index contributed by atoms with van der Waals surface area (Å²) in [7, 11) is 2.21. The number of benzene rings is 3. The number of fused-ring (bicyclic) bond motifs is 2. The van der Waals surface area contributed by atoms with E-state index in [1.807, 2.05) is 0 Å². The summed E-state index contributed by atoms with van der Waals surface area (Å²) in [5.74, 6) is 0. The second-order valence-electron chi connectivity index (χ2n) is 11.4. The molecule has 0 aromatic heterocycles. The maximum atomic E-state index is 2.55. The second-order valence-corrected chi connectivity index (χ2v) is 11.4. The molecular formula is C34H43N2+. The molecule has 3 aromatic rings. The summed E-state index contributed by atoms with van der Waals surface area (Å²) in [6.07, 6.45) is 16.1. The number of quaternary nitrogens is 1. The fourth-order valence-corrected chi connectivity index (χ4v) is 6.94. The molecule has 0 saturated heterocycles. The summed E-state index contributed by atoms with van der Waals surface area (Å²) in [6.45, 7) is 8.10. The van der Waals surface area contributed by atoms with Crippen molar-refractivity contribution in [3.8, 4) is 0 Å². The predicted octanol–water partition coefficient (Wildman–Crippen LogP) is 7.90. The highest BCUT2D eigenvalue weighted by molar-refractivity contribution is 5.92. The average molecular weight is 480 g/mol. The van der Waals surface area contributed by atoms with Gasteiger partial charge in [-0.05, 0) is 54.8 Å². The van der Waals surface area contributed by atoms with Gasteiger partial charge < -0.3 is 10.2 Å². The lowest BCUT2D eigenvalue weighted by Gasteiger charge is -2.38. The lowest BCUT2D eigenvalue weighted by atomic mass is 9.66. The summed E-state index contributed by atoms with van der Waals surface area (Å²) < 4.78 is 0. The molecule has 1 aliphatic heterocycles. The standard InChI is InChI=1S/C34H42N2/c1-5-25-36-30-18-10-9-17-28(30)33(2,3)31(36)19-11-14-24-34(22-12-6-13-23-34)29-21-20-26-15-7-8-16-27(26)32(29)35-4/h7-11,14-21,35H,5-6,12-13,22-25H2,1-4H3/p+1/b14-11+,31-19+. The van der Waals surface area contributed by atoms with Gasteiger partial charge >= 0.3 is 0 Å². The van der Waals surface area contributed by atoms with Gasteiger partial charge in [-0.1, -0.05) is 101 Å². The zero-order chi connectivity index (χ0) is 25.2. The number of allylic oxidation sites excluding steroid dienone is 4. The number of anilines is 1. The maximum Gasteiger partial charge on any atom is 0.141 e. The number of rotatable bonds is 7. The van der Waals surface area contributed by atoms with E-state index in [0.29, 0.717) is 0 Å². The Hall–Kier alpha value is -2.84. The van der Waals surface area contributed by atoms with Gasteiger partial charge in [-0.25, -0.2) is 0 Å². The van der Waals surface area contributed by atoms with Crippen molar-refractivity contribution in [3.63, 3.8) is 0 Å². The molecule has 36 heavy (non-hydrogen) atoms. The van der Waals surface area contributed by atoms with Crippen LogP contribution >= 0.6 is 0 Å². The van der Waals surface area contributed by atoms with Gasteiger partial charge in [0.1, 0.15) is 5.69 Å². The SMILES string of the molecule is CCCN1/C(=C/C=C/CC2(c3ccc4ccccc4c3[NH2+]C)CCCCC2)C(C)(C)c2ccccc21. The van der Waals surface area contributed by atoms with Crippen molar-refractivity contribution in [1.29, 1.82) is 0 Å². The van der Waals surface area contributed by atoms with Gasteiger partial charge in [0, 0.05) is 39.7 Å². The van der Waals surface area contributed by atoms with E-state index in [1.54, 1.807) is 5.56 Å². The van der Waals surface area contributed by atoms with E-state index in [4.69, 9.17) is 0 Å². The van der Waals surface area contributed by atoms with Crippen LogP contribution in [0.5, 0.6) is 0 Å². The van der Waals surface area contributed by atoms with Gasteiger partial charge in [0.15, 0.2) is 0 Å². The summed E-state index contributed by atoms with van der Waals surface area (Å²) in [5.41, 5.74) is 7.52. The summed E-state index contributed by atoms with van der Waals surface area (Å²) >= 11 is 0. The minimum Gasteiger partial charge on any atom is -0.344 e. The van der Waals surface area contributed by atoms with E-state index in [-0.39, 0.29) is 10.8 Å². The zero-order valence-electron chi connectivity index (χ0n) is 22.7. The van der Waals surface area contributed by atoms with E-state index < -0.39 is 0 Å². The first kappa shape index (κ1) is 24.8. The highest BCUT2D eigenvalue weighted by Crippen LogP contribution is 2.48. The Bertz CT molecular complexity index is 1270. The van der Waals surface area contributed by atoms with Crippen LogP contribution in [-0.4, -0.2) is 13.6 Å². The first-order valence-electron chi connectivity index (χ1n) is 14.1. The van der Waals surface area contributed by atoms with Gasteiger partial charge in [0.25, 0.3) is 0 Å². The normalized spacial score (nSPS) is 19.9. The molecule has 0 amide bonds. The van der Waals surface area contributed by atoms with E-state index in [0.717, 1.165) is 19.4 Å². The molecular weight excluding hydrogens is 436 g/mol. The molecule has 5 rings (SSSR count). The molecule has 0 radical (unpaired) electrons. The lowest BCUT2D eigenvalue weighted by molar-refractivity contribution is -0.538. The maximum absolute atomic E-state index is 2.55. The van der Waals surface area contributed by atoms with Crippen LogP contribution < -0.4 is 10.2 Å². The molecule has 2 aliphatic rings. The minimum atomic E-state index is 0.0291. The highest BCUT2D eigenvalue weighted by Gasteiger charge is 2.39. The first-order valence-corrected chi connectivity index (χ1v) is 14.1. The number of para-hydroxylation sites is 1. The minimum absolute atomic E-state index is 0.0291. The van der Waals surface area contributed by atoms with Crippen LogP contribution in [0.2, 0.25) is 0 Å². The van der Waals surface area contributed by atoms with Crippen LogP contribution in [-0.2, 0) is 10.8 Å². The van der Waals surface area contributed by atoms with Gasteiger partial charge in [-0.3, -0.25) is 0 Å². The van der Waals surface area contributed by atoms with Crippen LogP contribution in [0.4, 0.5) is 11.4 Å².